The minimum atomic E-state index is -0.391. The maximum atomic E-state index is 12.5. The van der Waals surface area contributed by atoms with Crippen LogP contribution in [0.2, 0.25) is 0 Å². The van der Waals surface area contributed by atoms with E-state index in [0.717, 1.165) is 22.5 Å². The Hall–Kier alpha value is -2.89. The van der Waals surface area contributed by atoms with Crippen LogP contribution in [-0.4, -0.2) is 16.8 Å². The van der Waals surface area contributed by atoms with Crippen LogP contribution in [0.3, 0.4) is 0 Å². The summed E-state index contributed by atoms with van der Waals surface area (Å²) in [6.45, 7) is 5.41. The number of aromatic amines is 1. The SMILES string of the molecule is Cc1cc(C)c(C(=O)N[C@@H](C)c2ccc3c(c2)CCC(=O)N3)c(=O)[nH]1. The molecule has 0 bridgehead atoms. The van der Waals surface area contributed by atoms with E-state index in [-0.39, 0.29) is 23.1 Å². The van der Waals surface area contributed by atoms with Gasteiger partial charge in [0.15, 0.2) is 0 Å². The lowest BCUT2D eigenvalue weighted by Crippen LogP contribution is -2.33. The summed E-state index contributed by atoms with van der Waals surface area (Å²) in [4.78, 5) is 38.7. The molecule has 0 saturated heterocycles. The van der Waals surface area contributed by atoms with Crippen molar-refractivity contribution in [1.29, 1.82) is 0 Å². The zero-order valence-corrected chi connectivity index (χ0v) is 14.5. The van der Waals surface area contributed by atoms with E-state index in [1.54, 1.807) is 19.9 Å². The first-order valence-corrected chi connectivity index (χ1v) is 8.29. The fraction of sp³-hybridized carbons (Fsp3) is 0.316. The maximum absolute atomic E-state index is 12.5. The lowest BCUT2D eigenvalue weighted by molar-refractivity contribution is -0.116. The van der Waals surface area contributed by atoms with Gasteiger partial charge in [-0.1, -0.05) is 12.1 Å². The molecule has 0 aliphatic carbocycles. The molecule has 0 fully saturated rings. The first-order valence-electron chi connectivity index (χ1n) is 8.29. The van der Waals surface area contributed by atoms with Crippen LogP contribution in [0.5, 0.6) is 0 Å². The summed E-state index contributed by atoms with van der Waals surface area (Å²) in [7, 11) is 0. The second-order valence-electron chi connectivity index (χ2n) is 6.50. The van der Waals surface area contributed by atoms with Gasteiger partial charge in [-0.05, 0) is 56.0 Å². The third kappa shape index (κ3) is 3.47. The fourth-order valence-electron chi connectivity index (χ4n) is 3.16. The van der Waals surface area contributed by atoms with Gasteiger partial charge in [0.25, 0.3) is 11.5 Å². The molecule has 2 heterocycles. The van der Waals surface area contributed by atoms with Crippen molar-refractivity contribution in [2.24, 2.45) is 0 Å². The Bertz CT molecular complexity index is 915. The number of benzene rings is 1. The van der Waals surface area contributed by atoms with Gasteiger partial charge in [-0.15, -0.1) is 0 Å². The van der Waals surface area contributed by atoms with Gasteiger partial charge in [-0.25, -0.2) is 0 Å². The van der Waals surface area contributed by atoms with Gasteiger partial charge in [-0.2, -0.15) is 0 Å². The standard InChI is InChI=1S/C19H21N3O3/c1-10-8-11(2)20-18(24)17(10)19(25)21-12(3)13-4-6-15-14(9-13)5-7-16(23)22-15/h4,6,8-9,12H,5,7H2,1-3H3,(H,20,24)(H,21,25)(H,22,23)/t12-/m0/s1. The van der Waals surface area contributed by atoms with E-state index in [1.165, 1.54) is 0 Å². The zero-order chi connectivity index (χ0) is 18.1. The van der Waals surface area contributed by atoms with Gasteiger partial charge in [-0.3, -0.25) is 14.4 Å². The van der Waals surface area contributed by atoms with Crippen molar-refractivity contribution >= 4 is 17.5 Å². The summed E-state index contributed by atoms with van der Waals surface area (Å²) in [6.07, 6.45) is 1.15. The Morgan fingerprint density at radius 2 is 1.92 bits per heavy atom. The molecular formula is C19H21N3O3. The highest BCUT2D eigenvalue weighted by Gasteiger charge is 2.19. The molecule has 130 valence electrons. The summed E-state index contributed by atoms with van der Waals surface area (Å²) < 4.78 is 0. The molecule has 0 radical (unpaired) electrons. The van der Waals surface area contributed by atoms with E-state index in [9.17, 15) is 14.4 Å². The number of H-pyrrole nitrogens is 1. The predicted octanol–water partition coefficient (Wildman–Crippen LogP) is 2.37. The molecule has 3 N–H and O–H groups in total. The number of anilines is 1. The summed E-state index contributed by atoms with van der Waals surface area (Å²) >= 11 is 0. The minimum absolute atomic E-state index is 0.0238. The second kappa shape index (κ2) is 6.55. The molecule has 25 heavy (non-hydrogen) atoms. The van der Waals surface area contributed by atoms with Crippen LogP contribution in [0.25, 0.3) is 0 Å². The lowest BCUT2D eigenvalue weighted by Gasteiger charge is -2.20. The quantitative estimate of drug-likeness (QED) is 0.802. The van der Waals surface area contributed by atoms with E-state index in [2.05, 4.69) is 15.6 Å². The van der Waals surface area contributed by atoms with Gasteiger partial charge in [0.05, 0.1) is 6.04 Å². The Morgan fingerprint density at radius 3 is 2.64 bits per heavy atom. The molecule has 1 atom stereocenters. The van der Waals surface area contributed by atoms with E-state index in [1.807, 2.05) is 25.1 Å². The second-order valence-corrected chi connectivity index (χ2v) is 6.50. The number of hydrogen-bond acceptors (Lipinski definition) is 3. The van der Waals surface area contributed by atoms with E-state index >= 15 is 0 Å². The fourth-order valence-corrected chi connectivity index (χ4v) is 3.16. The van der Waals surface area contributed by atoms with Crippen LogP contribution < -0.4 is 16.2 Å². The smallest absolute Gasteiger partial charge is 0.261 e. The molecule has 2 aromatic rings. The number of fused-ring (bicyclic) bond motifs is 1. The van der Waals surface area contributed by atoms with Crippen molar-refractivity contribution in [2.75, 3.05) is 5.32 Å². The molecule has 0 unspecified atom stereocenters. The number of aryl methyl sites for hydroxylation is 3. The molecule has 6 heteroatoms. The monoisotopic (exact) mass is 339 g/mol. The third-order valence-electron chi connectivity index (χ3n) is 4.46. The highest BCUT2D eigenvalue weighted by atomic mass is 16.2. The van der Waals surface area contributed by atoms with Crippen molar-refractivity contribution in [1.82, 2.24) is 10.3 Å². The molecule has 0 saturated carbocycles. The van der Waals surface area contributed by atoms with Crippen LogP contribution in [0.15, 0.2) is 29.1 Å². The Kier molecular flexibility index (Phi) is 4.44. The lowest BCUT2D eigenvalue weighted by atomic mass is 9.97. The maximum Gasteiger partial charge on any atom is 0.261 e. The zero-order valence-electron chi connectivity index (χ0n) is 14.5. The van der Waals surface area contributed by atoms with Crippen LogP contribution >= 0.6 is 0 Å². The van der Waals surface area contributed by atoms with Crippen LogP contribution in [-0.2, 0) is 11.2 Å². The van der Waals surface area contributed by atoms with Crippen LogP contribution in [0.4, 0.5) is 5.69 Å². The average Bonchev–Trinajstić information content (AvgIpc) is 2.53. The molecule has 6 nitrogen and oxygen atoms in total. The highest BCUT2D eigenvalue weighted by Crippen LogP contribution is 2.26. The summed E-state index contributed by atoms with van der Waals surface area (Å²) in [5.74, 6) is -0.368. The number of pyridine rings is 1. The summed E-state index contributed by atoms with van der Waals surface area (Å²) in [5.41, 5.74) is 3.96. The van der Waals surface area contributed by atoms with Crippen molar-refractivity contribution < 1.29 is 9.59 Å². The third-order valence-corrected chi connectivity index (χ3v) is 4.46. The minimum Gasteiger partial charge on any atom is -0.345 e. The largest absolute Gasteiger partial charge is 0.345 e. The number of nitrogens with one attached hydrogen (secondary N) is 3. The molecule has 1 aromatic heterocycles. The molecule has 0 spiro atoms. The van der Waals surface area contributed by atoms with Crippen molar-refractivity contribution in [2.45, 2.75) is 39.7 Å². The average molecular weight is 339 g/mol. The Morgan fingerprint density at radius 1 is 1.16 bits per heavy atom. The van der Waals surface area contributed by atoms with Crippen molar-refractivity contribution in [3.63, 3.8) is 0 Å². The van der Waals surface area contributed by atoms with Gasteiger partial charge in [0.2, 0.25) is 5.91 Å². The summed E-state index contributed by atoms with van der Waals surface area (Å²) in [5, 5.41) is 5.72. The van der Waals surface area contributed by atoms with Crippen LogP contribution in [0.1, 0.15) is 52.1 Å². The van der Waals surface area contributed by atoms with Crippen molar-refractivity contribution in [3.8, 4) is 0 Å². The Labute approximate surface area is 145 Å². The molecule has 1 aliphatic rings. The molecule has 3 rings (SSSR count). The molecule has 1 aromatic carbocycles. The van der Waals surface area contributed by atoms with Gasteiger partial charge in [0, 0.05) is 17.8 Å². The first kappa shape index (κ1) is 17.0. The molecular weight excluding hydrogens is 318 g/mol. The van der Waals surface area contributed by atoms with Crippen LogP contribution in [0, 0.1) is 13.8 Å². The first-order chi connectivity index (χ1) is 11.8. The van der Waals surface area contributed by atoms with Crippen molar-refractivity contribution in [3.05, 3.63) is 62.6 Å². The number of amides is 2. The number of hydrogen-bond donors (Lipinski definition) is 3. The predicted molar refractivity (Wildman–Crippen MR) is 95.8 cm³/mol. The normalized spacial score (nSPS) is 14.4. The Balaban J connectivity index is 1.81. The van der Waals surface area contributed by atoms with E-state index < -0.39 is 5.91 Å². The number of rotatable bonds is 3. The number of carbonyl (C=O) groups excluding carboxylic acids is 2. The topological polar surface area (TPSA) is 91.1 Å². The van der Waals surface area contributed by atoms with E-state index in [0.29, 0.717) is 18.4 Å². The number of carbonyl (C=O) groups is 2. The van der Waals surface area contributed by atoms with Gasteiger partial charge in [0.1, 0.15) is 5.56 Å². The van der Waals surface area contributed by atoms with Gasteiger partial charge >= 0.3 is 0 Å². The molecule has 1 aliphatic heterocycles. The number of aromatic nitrogens is 1. The highest BCUT2D eigenvalue weighted by molar-refractivity contribution is 5.95. The van der Waals surface area contributed by atoms with E-state index in [4.69, 9.17) is 0 Å². The van der Waals surface area contributed by atoms with Gasteiger partial charge < -0.3 is 15.6 Å². The molecule has 2 amide bonds. The summed E-state index contributed by atoms with van der Waals surface area (Å²) in [6, 6.07) is 7.25.